The number of aryl methyl sites for hydroxylation is 3. The Labute approximate surface area is 106 Å². The molecule has 0 spiro atoms. The van der Waals surface area contributed by atoms with Gasteiger partial charge in [-0.1, -0.05) is 18.2 Å². The summed E-state index contributed by atoms with van der Waals surface area (Å²) in [5, 5.41) is 8.65. The molecule has 1 heterocycles. The molecule has 2 aromatic rings. The lowest BCUT2D eigenvalue weighted by molar-refractivity contribution is -0.136. The van der Waals surface area contributed by atoms with Gasteiger partial charge in [0.1, 0.15) is 0 Å². The molecule has 2 rings (SSSR count). The van der Waals surface area contributed by atoms with Crippen LogP contribution in [0.4, 0.5) is 0 Å². The van der Waals surface area contributed by atoms with E-state index in [9.17, 15) is 4.79 Å². The number of carboxylic acid groups (broad SMARTS) is 1. The highest BCUT2D eigenvalue weighted by molar-refractivity contribution is 5.66. The van der Waals surface area contributed by atoms with Crippen molar-refractivity contribution in [2.24, 2.45) is 0 Å². The number of aromatic nitrogens is 2. The second kappa shape index (κ2) is 5.04. The zero-order valence-corrected chi connectivity index (χ0v) is 10.6. The highest BCUT2D eigenvalue weighted by atomic mass is 16.4. The molecule has 1 N–H and O–H groups in total. The van der Waals surface area contributed by atoms with Crippen molar-refractivity contribution in [2.45, 2.75) is 26.7 Å². The normalized spacial score (nSPS) is 10.6. The molecule has 0 saturated carbocycles. The van der Waals surface area contributed by atoms with Gasteiger partial charge in [0.2, 0.25) is 0 Å². The largest absolute Gasteiger partial charge is 0.481 e. The molecule has 4 nitrogen and oxygen atoms in total. The summed E-state index contributed by atoms with van der Waals surface area (Å²) in [4.78, 5) is 14.8. The fraction of sp³-hybridized carbons (Fsp3) is 0.286. The van der Waals surface area contributed by atoms with Crippen LogP contribution in [-0.2, 0) is 11.2 Å². The number of imidazole rings is 1. The van der Waals surface area contributed by atoms with Gasteiger partial charge in [-0.3, -0.25) is 4.79 Å². The summed E-state index contributed by atoms with van der Waals surface area (Å²) >= 11 is 0. The lowest BCUT2D eigenvalue weighted by Crippen LogP contribution is -1.98. The number of aliphatic carboxylic acids is 1. The molecular formula is C14H16N2O2. The van der Waals surface area contributed by atoms with Gasteiger partial charge >= 0.3 is 5.97 Å². The van der Waals surface area contributed by atoms with Crippen molar-refractivity contribution >= 4 is 5.97 Å². The molecule has 0 aliphatic rings. The first-order valence-corrected chi connectivity index (χ1v) is 5.89. The molecule has 1 aromatic heterocycles. The Morgan fingerprint density at radius 2 is 2.00 bits per heavy atom. The van der Waals surface area contributed by atoms with E-state index in [0.29, 0.717) is 6.42 Å². The minimum atomic E-state index is -0.795. The first-order valence-electron chi connectivity index (χ1n) is 5.89. The Hall–Kier alpha value is -2.10. The third-order valence-electron chi connectivity index (χ3n) is 2.93. The minimum absolute atomic E-state index is 0.115. The highest BCUT2D eigenvalue weighted by Gasteiger charge is 2.07. The minimum Gasteiger partial charge on any atom is -0.481 e. The van der Waals surface area contributed by atoms with Crippen molar-refractivity contribution in [3.8, 4) is 5.69 Å². The topological polar surface area (TPSA) is 55.1 Å². The zero-order chi connectivity index (χ0) is 13.1. The van der Waals surface area contributed by atoms with Crippen molar-refractivity contribution in [2.75, 3.05) is 0 Å². The number of carbonyl (C=O) groups is 1. The Bertz CT molecular complexity index is 553. The zero-order valence-electron chi connectivity index (χ0n) is 10.6. The van der Waals surface area contributed by atoms with E-state index in [1.807, 2.05) is 16.8 Å². The van der Waals surface area contributed by atoms with Gasteiger partial charge in [0, 0.05) is 12.6 Å². The monoisotopic (exact) mass is 244 g/mol. The Kier molecular flexibility index (Phi) is 3.46. The van der Waals surface area contributed by atoms with Gasteiger partial charge in [-0.15, -0.1) is 0 Å². The van der Waals surface area contributed by atoms with Gasteiger partial charge in [-0.05, 0) is 25.0 Å². The van der Waals surface area contributed by atoms with Crippen molar-refractivity contribution in [3.63, 3.8) is 0 Å². The van der Waals surface area contributed by atoms with Crippen LogP contribution in [-0.4, -0.2) is 20.6 Å². The smallest absolute Gasteiger partial charge is 0.303 e. The maximum atomic E-state index is 10.5. The van der Waals surface area contributed by atoms with E-state index in [2.05, 4.69) is 31.0 Å². The molecule has 0 amide bonds. The fourth-order valence-corrected chi connectivity index (χ4v) is 2.06. The quantitative estimate of drug-likeness (QED) is 0.899. The van der Waals surface area contributed by atoms with Crippen molar-refractivity contribution in [1.82, 2.24) is 9.55 Å². The molecule has 0 aliphatic heterocycles. The molecule has 0 radical (unpaired) electrons. The summed E-state index contributed by atoms with van der Waals surface area (Å²) < 4.78 is 1.96. The van der Waals surface area contributed by atoms with Crippen molar-refractivity contribution in [1.29, 1.82) is 0 Å². The lowest BCUT2D eigenvalue weighted by atomic mass is 10.1. The van der Waals surface area contributed by atoms with Crippen LogP contribution < -0.4 is 0 Å². The molecule has 18 heavy (non-hydrogen) atoms. The molecule has 0 bridgehead atoms. The van der Waals surface area contributed by atoms with Gasteiger partial charge in [0.25, 0.3) is 0 Å². The second-order valence-corrected chi connectivity index (χ2v) is 4.41. The van der Waals surface area contributed by atoms with Crippen LogP contribution in [0.25, 0.3) is 5.69 Å². The van der Waals surface area contributed by atoms with Crippen LogP contribution >= 0.6 is 0 Å². The summed E-state index contributed by atoms with van der Waals surface area (Å²) in [7, 11) is 0. The predicted octanol–water partition coefficient (Wildman–Crippen LogP) is 2.51. The number of rotatable bonds is 4. The van der Waals surface area contributed by atoms with E-state index < -0.39 is 5.97 Å². The first kappa shape index (κ1) is 12.4. The van der Waals surface area contributed by atoms with Gasteiger partial charge in [0.05, 0.1) is 24.1 Å². The second-order valence-electron chi connectivity index (χ2n) is 4.41. The van der Waals surface area contributed by atoms with Crippen LogP contribution in [0.2, 0.25) is 0 Å². The summed E-state index contributed by atoms with van der Waals surface area (Å²) in [6.45, 7) is 4.11. The van der Waals surface area contributed by atoms with E-state index in [0.717, 1.165) is 11.4 Å². The van der Waals surface area contributed by atoms with Gasteiger partial charge in [-0.25, -0.2) is 4.98 Å². The van der Waals surface area contributed by atoms with E-state index >= 15 is 0 Å². The standard InChI is InChI=1S/C14H16N2O2/c1-10-4-3-5-11(2)14(10)16-8-12(15-9-16)6-7-13(17)18/h3-5,8-9H,6-7H2,1-2H3,(H,17,18). The van der Waals surface area contributed by atoms with E-state index in [1.54, 1.807) is 6.33 Å². The van der Waals surface area contributed by atoms with E-state index in [1.165, 1.54) is 11.1 Å². The summed E-state index contributed by atoms with van der Waals surface area (Å²) in [6.07, 6.45) is 4.22. The summed E-state index contributed by atoms with van der Waals surface area (Å²) in [5.41, 5.74) is 4.28. The molecular weight excluding hydrogens is 228 g/mol. The number of para-hydroxylation sites is 1. The molecule has 0 fully saturated rings. The Morgan fingerprint density at radius 3 is 2.61 bits per heavy atom. The van der Waals surface area contributed by atoms with Gasteiger partial charge < -0.3 is 9.67 Å². The van der Waals surface area contributed by atoms with Crippen LogP contribution in [0, 0.1) is 13.8 Å². The van der Waals surface area contributed by atoms with E-state index in [-0.39, 0.29) is 6.42 Å². The van der Waals surface area contributed by atoms with Crippen LogP contribution in [0.5, 0.6) is 0 Å². The van der Waals surface area contributed by atoms with Crippen LogP contribution in [0.3, 0.4) is 0 Å². The third kappa shape index (κ3) is 2.59. The number of carboxylic acids is 1. The highest BCUT2D eigenvalue weighted by Crippen LogP contribution is 2.19. The molecule has 0 aliphatic carbocycles. The fourth-order valence-electron chi connectivity index (χ4n) is 2.06. The number of hydrogen-bond acceptors (Lipinski definition) is 2. The van der Waals surface area contributed by atoms with Crippen LogP contribution in [0.15, 0.2) is 30.7 Å². The first-order chi connectivity index (χ1) is 8.58. The maximum Gasteiger partial charge on any atom is 0.303 e. The van der Waals surface area contributed by atoms with Crippen LogP contribution in [0.1, 0.15) is 23.2 Å². The molecule has 0 atom stereocenters. The average Bonchev–Trinajstić information content (AvgIpc) is 2.75. The lowest BCUT2D eigenvalue weighted by Gasteiger charge is -2.09. The van der Waals surface area contributed by atoms with Crippen molar-refractivity contribution in [3.05, 3.63) is 47.5 Å². The molecule has 0 saturated heterocycles. The van der Waals surface area contributed by atoms with Gasteiger partial charge in [0.15, 0.2) is 0 Å². The van der Waals surface area contributed by atoms with Gasteiger partial charge in [-0.2, -0.15) is 0 Å². The third-order valence-corrected chi connectivity index (χ3v) is 2.93. The van der Waals surface area contributed by atoms with E-state index in [4.69, 9.17) is 5.11 Å². The number of hydrogen-bond donors (Lipinski definition) is 1. The Balaban J connectivity index is 2.27. The number of benzene rings is 1. The molecule has 0 unspecified atom stereocenters. The summed E-state index contributed by atoms with van der Waals surface area (Å²) in [5.74, 6) is -0.795. The molecule has 94 valence electrons. The predicted molar refractivity (Wildman–Crippen MR) is 69.0 cm³/mol. The number of nitrogens with zero attached hydrogens (tertiary/aromatic N) is 2. The maximum absolute atomic E-state index is 10.5. The summed E-state index contributed by atoms with van der Waals surface area (Å²) in [6, 6.07) is 6.13. The average molecular weight is 244 g/mol. The molecule has 4 heteroatoms. The Morgan fingerprint density at radius 1 is 1.33 bits per heavy atom. The molecule has 1 aromatic carbocycles. The SMILES string of the molecule is Cc1cccc(C)c1-n1cnc(CCC(=O)O)c1. The van der Waals surface area contributed by atoms with Crippen molar-refractivity contribution < 1.29 is 9.90 Å².